The van der Waals surface area contributed by atoms with E-state index < -0.39 is 5.92 Å². The van der Waals surface area contributed by atoms with Crippen molar-refractivity contribution in [3.05, 3.63) is 78.6 Å². The molecular weight excluding hydrogens is 617 g/mol. The molecule has 0 bridgehead atoms. The predicted molar refractivity (Wildman–Crippen MR) is 159 cm³/mol. The van der Waals surface area contributed by atoms with E-state index in [9.17, 15) is 10.1 Å². The van der Waals surface area contributed by atoms with Gasteiger partial charge >= 0.3 is 0 Å². The summed E-state index contributed by atoms with van der Waals surface area (Å²) in [5.41, 5.74) is 9.71. The number of carbonyl (C=O) groups is 1. The molecule has 0 unspecified atom stereocenters. The molecule has 40 heavy (non-hydrogen) atoms. The highest BCUT2D eigenvalue weighted by Gasteiger charge is 2.44. The van der Waals surface area contributed by atoms with Gasteiger partial charge in [-0.15, -0.1) is 0 Å². The van der Waals surface area contributed by atoms with Gasteiger partial charge in [0, 0.05) is 31.3 Å². The molecule has 1 aliphatic carbocycles. The molecule has 10 heteroatoms. The second-order valence-corrected chi connectivity index (χ2v) is 12.3. The number of hydrogen-bond acceptors (Lipinski definition) is 7. The van der Waals surface area contributed by atoms with Crippen LogP contribution in [0.3, 0.4) is 0 Å². The Balaban J connectivity index is 1.81. The first-order valence-corrected chi connectivity index (χ1v) is 14.5. The van der Waals surface area contributed by atoms with Gasteiger partial charge < -0.3 is 24.8 Å². The molecule has 1 aliphatic heterocycles. The zero-order valence-electron chi connectivity index (χ0n) is 22.9. The number of halogens is 3. The van der Waals surface area contributed by atoms with E-state index in [1.807, 2.05) is 30.0 Å². The third-order valence-electron chi connectivity index (χ3n) is 7.04. The number of nitrogens with zero attached hydrogens (tertiary/aromatic N) is 2. The maximum absolute atomic E-state index is 13.7. The third kappa shape index (κ3) is 6.13. The van der Waals surface area contributed by atoms with Crippen molar-refractivity contribution in [2.24, 2.45) is 11.1 Å². The lowest BCUT2D eigenvalue weighted by atomic mass is 9.68. The Morgan fingerprint density at radius 1 is 1.18 bits per heavy atom. The van der Waals surface area contributed by atoms with Crippen molar-refractivity contribution in [2.75, 3.05) is 26.9 Å². The molecule has 0 amide bonds. The molecule has 7 nitrogen and oxygen atoms in total. The van der Waals surface area contributed by atoms with Gasteiger partial charge in [-0.05, 0) is 70.1 Å². The van der Waals surface area contributed by atoms with E-state index in [-0.39, 0.29) is 17.8 Å². The zero-order valence-corrected chi connectivity index (χ0v) is 26.0. The molecule has 0 radical (unpaired) electrons. The van der Waals surface area contributed by atoms with Crippen molar-refractivity contribution in [1.82, 2.24) is 4.90 Å². The molecule has 2 aromatic carbocycles. The topological polar surface area (TPSA) is 97.8 Å². The average molecular weight is 649 g/mol. The minimum Gasteiger partial charge on any atom is -0.490 e. The quantitative estimate of drug-likeness (QED) is 0.309. The van der Waals surface area contributed by atoms with Gasteiger partial charge in [0.1, 0.15) is 12.4 Å². The van der Waals surface area contributed by atoms with Crippen molar-refractivity contribution in [3.8, 4) is 17.6 Å². The maximum atomic E-state index is 13.7. The van der Waals surface area contributed by atoms with Crippen LogP contribution in [0.1, 0.15) is 50.7 Å². The van der Waals surface area contributed by atoms with Gasteiger partial charge in [0.15, 0.2) is 17.3 Å². The lowest BCUT2D eigenvalue weighted by molar-refractivity contribution is -0.118. The normalized spacial score (nSPS) is 18.5. The summed E-state index contributed by atoms with van der Waals surface area (Å²) in [6.07, 6.45) is 1.03. The Bertz CT molecular complexity index is 1430. The predicted octanol–water partition coefficient (Wildman–Crippen LogP) is 7.12. The Kier molecular flexibility index (Phi) is 9.41. The van der Waals surface area contributed by atoms with Gasteiger partial charge in [-0.1, -0.05) is 43.1 Å². The number of ketones is 1. The van der Waals surface area contributed by atoms with Crippen molar-refractivity contribution in [2.45, 2.75) is 46.1 Å². The number of nitriles is 1. The first-order valence-electron chi connectivity index (χ1n) is 13.0. The minimum atomic E-state index is -0.637. The lowest BCUT2D eigenvalue weighted by Crippen LogP contribution is -2.43. The highest BCUT2D eigenvalue weighted by molar-refractivity contribution is 9.10. The highest BCUT2D eigenvalue weighted by Crippen LogP contribution is 2.51. The Morgan fingerprint density at radius 2 is 1.93 bits per heavy atom. The van der Waals surface area contributed by atoms with Crippen molar-refractivity contribution in [3.63, 3.8) is 0 Å². The molecule has 0 fully saturated rings. The molecule has 1 atom stereocenters. The zero-order chi connectivity index (χ0) is 29.2. The maximum Gasteiger partial charge on any atom is 0.175 e. The molecule has 2 aliphatic rings. The fourth-order valence-electron chi connectivity index (χ4n) is 5.29. The van der Waals surface area contributed by atoms with E-state index in [0.29, 0.717) is 81.1 Å². The minimum absolute atomic E-state index is 0.00735. The largest absolute Gasteiger partial charge is 0.490 e. The van der Waals surface area contributed by atoms with E-state index in [1.54, 1.807) is 19.2 Å². The van der Waals surface area contributed by atoms with Crippen molar-refractivity contribution in [1.29, 1.82) is 5.26 Å². The van der Waals surface area contributed by atoms with Gasteiger partial charge in [0.2, 0.25) is 0 Å². The summed E-state index contributed by atoms with van der Waals surface area (Å²) < 4.78 is 18.1. The van der Waals surface area contributed by atoms with Crippen LogP contribution in [-0.2, 0) is 16.1 Å². The number of rotatable bonds is 9. The van der Waals surface area contributed by atoms with E-state index in [1.165, 1.54) is 0 Å². The summed E-state index contributed by atoms with van der Waals surface area (Å²) in [7, 11) is 1.61. The summed E-state index contributed by atoms with van der Waals surface area (Å²) in [6, 6.07) is 11.3. The summed E-state index contributed by atoms with van der Waals surface area (Å²) in [5.74, 6) is 0.683. The SMILES string of the molecule is CCOc1cc([C@@H]2C(C#N)=C(N)N(CCOC)C3=C2C(=O)CC(C)(C)C3)cc(Br)c1OCc1ccc(Cl)c(Cl)c1. The molecule has 212 valence electrons. The molecular formula is C30H32BrCl2N3O4. The van der Waals surface area contributed by atoms with Crippen LogP contribution in [0.4, 0.5) is 0 Å². The summed E-state index contributed by atoms with van der Waals surface area (Å²) in [4.78, 5) is 15.6. The molecule has 2 N–H and O–H groups in total. The highest BCUT2D eigenvalue weighted by atomic mass is 79.9. The van der Waals surface area contributed by atoms with Crippen LogP contribution in [-0.4, -0.2) is 37.6 Å². The molecule has 0 aromatic heterocycles. The van der Waals surface area contributed by atoms with Gasteiger partial charge in [-0.3, -0.25) is 4.79 Å². The van der Waals surface area contributed by atoms with Crippen LogP contribution >= 0.6 is 39.1 Å². The number of allylic oxidation sites excluding steroid dienone is 3. The molecule has 4 rings (SSSR count). The van der Waals surface area contributed by atoms with Gasteiger partial charge in [0.05, 0.1) is 45.3 Å². The fraction of sp³-hybridized carbons (Fsp3) is 0.400. The number of benzene rings is 2. The Morgan fingerprint density at radius 3 is 2.58 bits per heavy atom. The monoisotopic (exact) mass is 647 g/mol. The number of Topliss-reactive ketones (excluding diaryl/α,β-unsaturated/α-hetero) is 1. The van der Waals surface area contributed by atoms with E-state index >= 15 is 0 Å². The smallest absolute Gasteiger partial charge is 0.175 e. The van der Waals surface area contributed by atoms with E-state index in [0.717, 1.165) is 11.3 Å². The number of methoxy groups -OCH3 is 1. The molecule has 0 saturated heterocycles. The summed E-state index contributed by atoms with van der Waals surface area (Å²) >= 11 is 15.9. The summed E-state index contributed by atoms with van der Waals surface area (Å²) in [5, 5.41) is 11.2. The average Bonchev–Trinajstić information content (AvgIpc) is 2.88. The first-order chi connectivity index (χ1) is 19.0. The van der Waals surface area contributed by atoms with Crippen LogP contribution in [0.25, 0.3) is 0 Å². The third-order valence-corrected chi connectivity index (χ3v) is 8.37. The fourth-order valence-corrected chi connectivity index (χ4v) is 6.18. The summed E-state index contributed by atoms with van der Waals surface area (Å²) in [6.45, 7) is 7.48. The van der Waals surface area contributed by atoms with Crippen molar-refractivity contribution < 1.29 is 19.0 Å². The van der Waals surface area contributed by atoms with Crippen molar-refractivity contribution >= 4 is 44.9 Å². The van der Waals surface area contributed by atoms with Gasteiger partial charge in [0.25, 0.3) is 0 Å². The van der Waals surface area contributed by atoms with Crippen LogP contribution in [0.2, 0.25) is 10.0 Å². The number of hydrogen-bond donors (Lipinski definition) is 1. The number of ether oxygens (including phenoxy) is 3. The van der Waals surface area contributed by atoms with E-state index in [4.69, 9.17) is 43.1 Å². The van der Waals surface area contributed by atoms with Crippen LogP contribution in [0.5, 0.6) is 11.5 Å². The first kappa shape index (κ1) is 30.3. The second-order valence-electron chi connectivity index (χ2n) is 10.6. The van der Waals surface area contributed by atoms with Crippen LogP contribution in [0.15, 0.2) is 57.5 Å². The lowest BCUT2D eigenvalue weighted by Gasteiger charge is -2.43. The molecule has 2 aromatic rings. The van der Waals surface area contributed by atoms with Crippen LogP contribution < -0.4 is 15.2 Å². The number of carbonyl (C=O) groups excluding carboxylic acids is 1. The molecule has 1 heterocycles. The standard InChI is InChI=1S/C30H32BrCl2N3O4/c1-5-39-25-12-18(11-20(31)28(25)40-16-17-6-7-21(32)22(33)10-17)26-19(15-34)29(35)36(8-9-38-4)23-13-30(2,3)14-24(37)27(23)26/h6-7,10-12,26H,5,8-9,13-14,16,35H2,1-4H3/t26-/m1/s1. The Labute approximate surface area is 253 Å². The molecule has 0 spiro atoms. The van der Waals surface area contributed by atoms with Gasteiger partial charge in [-0.2, -0.15) is 5.26 Å². The van der Waals surface area contributed by atoms with Gasteiger partial charge in [-0.25, -0.2) is 0 Å². The van der Waals surface area contributed by atoms with Crippen LogP contribution in [0, 0.1) is 16.7 Å². The van der Waals surface area contributed by atoms with E-state index in [2.05, 4.69) is 35.8 Å². The Hall–Kier alpha value is -2.70. The second kappa shape index (κ2) is 12.4. The molecule has 0 saturated carbocycles. The number of nitrogens with two attached hydrogens (primary N) is 1.